The lowest BCUT2D eigenvalue weighted by Gasteiger charge is -2.42. The first kappa shape index (κ1) is 25.7. The summed E-state index contributed by atoms with van der Waals surface area (Å²) in [5.41, 5.74) is 0. The number of halogens is 1. The number of unbranched alkanes of at least 4 members (excludes halogenated alkanes) is 14. The molecule has 1 heterocycles. The molecular formula is C25H51IN+. The van der Waals surface area contributed by atoms with Crippen LogP contribution in [0, 0.1) is 0 Å². The number of rotatable bonds is 18. The summed E-state index contributed by atoms with van der Waals surface area (Å²) in [5.74, 6) is 0. The average Bonchev–Trinajstić information content (AvgIpc) is 3.16. The van der Waals surface area contributed by atoms with Gasteiger partial charge in [0.05, 0.1) is 19.1 Å². The third kappa shape index (κ3) is 10.9. The fourth-order valence-electron chi connectivity index (χ4n) is 4.99. The topological polar surface area (TPSA) is 0 Å². The minimum Gasteiger partial charge on any atom is -0.311 e. The number of alkyl halides is 1. The van der Waals surface area contributed by atoms with Gasteiger partial charge in [-0.15, -0.1) is 0 Å². The molecule has 162 valence electrons. The Morgan fingerprint density at radius 1 is 0.630 bits per heavy atom. The molecule has 0 spiro atoms. The van der Waals surface area contributed by atoms with Gasteiger partial charge in [0.2, 0.25) is 0 Å². The molecule has 0 aliphatic carbocycles. The second-order valence-electron chi connectivity index (χ2n) is 9.52. The van der Waals surface area contributed by atoms with Crippen molar-refractivity contribution in [1.29, 1.82) is 0 Å². The third-order valence-electron chi connectivity index (χ3n) is 7.03. The Kier molecular flexibility index (Phi) is 15.7. The normalized spacial score (nSPS) is 17.7. The van der Waals surface area contributed by atoms with Gasteiger partial charge < -0.3 is 4.48 Å². The van der Waals surface area contributed by atoms with Gasteiger partial charge in [-0.2, -0.15) is 0 Å². The van der Waals surface area contributed by atoms with Crippen LogP contribution in [0.15, 0.2) is 0 Å². The molecule has 0 bridgehead atoms. The van der Waals surface area contributed by atoms with Crippen molar-refractivity contribution in [2.75, 3.05) is 13.1 Å². The van der Waals surface area contributed by atoms with Crippen LogP contribution in [0.5, 0.6) is 0 Å². The van der Waals surface area contributed by atoms with Crippen molar-refractivity contribution < 1.29 is 4.48 Å². The summed E-state index contributed by atoms with van der Waals surface area (Å²) in [4.78, 5) is 0. The molecule has 0 saturated carbocycles. The Bertz CT molecular complexity index is 322. The maximum absolute atomic E-state index is 2.78. The van der Waals surface area contributed by atoms with Gasteiger partial charge in [0.25, 0.3) is 0 Å². The fraction of sp³-hybridized carbons (Fsp3) is 1.00. The van der Waals surface area contributed by atoms with E-state index in [4.69, 9.17) is 0 Å². The van der Waals surface area contributed by atoms with Crippen molar-refractivity contribution in [2.24, 2.45) is 0 Å². The van der Waals surface area contributed by atoms with E-state index in [-0.39, 0.29) is 0 Å². The summed E-state index contributed by atoms with van der Waals surface area (Å²) in [5, 5.41) is 0. The van der Waals surface area contributed by atoms with Crippen molar-refractivity contribution >= 4 is 22.6 Å². The largest absolute Gasteiger partial charge is 0.311 e. The summed E-state index contributed by atoms with van der Waals surface area (Å²) in [6, 6.07) is 0.811. The van der Waals surface area contributed by atoms with Crippen LogP contribution in [0.3, 0.4) is 0 Å². The van der Waals surface area contributed by atoms with Crippen LogP contribution in [0.2, 0.25) is 0 Å². The zero-order chi connectivity index (χ0) is 19.8. The Morgan fingerprint density at radius 2 is 1.00 bits per heavy atom. The summed E-state index contributed by atoms with van der Waals surface area (Å²) in [6.45, 7) is 10.1. The number of hydrogen-bond donors (Lipinski definition) is 0. The van der Waals surface area contributed by atoms with E-state index in [0.717, 1.165) is 10.1 Å². The number of quaternary nitrogens is 1. The Balaban J connectivity index is 1.86. The van der Waals surface area contributed by atoms with Gasteiger partial charge in [-0.1, -0.05) is 96.8 Å². The quantitative estimate of drug-likeness (QED) is 0.0589. The molecule has 1 aliphatic rings. The standard InChI is InChI=1S/C25H51IN/c1-4-5-6-7-8-9-10-11-12-13-14-15-16-17-18-21-25(26)27(24(2)3)22-19-20-23-27/h24-25H,4-23H2,1-3H3/q+1. The van der Waals surface area contributed by atoms with E-state index in [0.29, 0.717) is 0 Å². The van der Waals surface area contributed by atoms with Gasteiger partial charge in [-0.3, -0.25) is 0 Å². The van der Waals surface area contributed by atoms with Crippen LogP contribution >= 0.6 is 22.6 Å². The van der Waals surface area contributed by atoms with E-state index in [1.54, 1.807) is 0 Å². The molecule has 1 aliphatic heterocycles. The Hall–Kier alpha value is 0.690. The van der Waals surface area contributed by atoms with Crippen LogP contribution < -0.4 is 0 Å². The van der Waals surface area contributed by atoms with Crippen LogP contribution in [-0.2, 0) is 0 Å². The summed E-state index contributed by atoms with van der Waals surface area (Å²) < 4.78 is 2.26. The van der Waals surface area contributed by atoms with Gasteiger partial charge >= 0.3 is 0 Å². The second kappa shape index (κ2) is 16.5. The highest BCUT2D eigenvalue weighted by molar-refractivity contribution is 14.1. The molecule has 0 aromatic heterocycles. The summed E-state index contributed by atoms with van der Waals surface area (Å²) in [7, 11) is 0. The Morgan fingerprint density at radius 3 is 1.37 bits per heavy atom. The lowest BCUT2D eigenvalue weighted by molar-refractivity contribution is -0.942. The molecule has 1 fully saturated rings. The van der Waals surface area contributed by atoms with Crippen molar-refractivity contribution in [1.82, 2.24) is 0 Å². The predicted molar refractivity (Wildman–Crippen MR) is 132 cm³/mol. The van der Waals surface area contributed by atoms with Crippen LogP contribution in [-0.4, -0.2) is 27.7 Å². The fourth-order valence-corrected chi connectivity index (χ4v) is 6.63. The molecule has 1 nitrogen and oxygen atoms in total. The minimum atomic E-state index is 0.811. The number of hydrogen-bond acceptors (Lipinski definition) is 0. The average molecular weight is 493 g/mol. The van der Waals surface area contributed by atoms with E-state index in [1.807, 2.05) is 0 Å². The van der Waals surface area contributed by atoms with Crippen molar-refractivity contribution in [3.05, 3.63) is 0 Å². The molecule has 2 heteroatoms. The highest BCUT2D eigenvalue weighted by atomic mass is 127. The Labute approximate surface area is 186 Å². The minimum absolute atomic E-state index is 0.811. The first-order valence-electron chi connectivity index (χ1n) is 12.6. The number of nitrogens with zero attached hydrogens (tertiary/aromatic N) is 1. The predicted octanol–water partition coefficient (Wildman–Crippen LogP) is 9.03. The van der Waals surface area contributed by atoms with Crippen molar-refractivity contribution in [3.8, 4) is 0 Å². The van der Waals surface area contributed by atoms with E-state index < -0.39 is 0 Å². The highest BCUT2D eigenvalue weighted by Crippen LogP contribution is 2.33. The van der Waals surface area contributed by atoms with Crippen LogP contribution in [0.25, 0.3) is 0 Å². The van der Waals surface area contributed by atoms with Gasteiger partial charge in [0.15, 0.2) is 0 Å². The lowest BCUT2D eigenvalue weighted by Crippen LogP contribution is -2.55. The summed E-state index contributed by atoms with van der Waals surface area (Å²) >= 11 is 2.78. The van der Waals surface area contributed by atoms with Gasteiger partial charge in [-0.25, -0.2) is 0 Å². The third-order valence-corrected chi connectivity index (χ3v) is 8.76. The molecule has 27 heavy (non-hydrogen) atoms. The smallest absolute Gasteiger partial charge is 0.139 e. The molecule has 1 atom stereocenters. The SMILES string of the molecule is CCCCCCCCCCCCCCCCCC(I)[N+]1(C(C)C)CCCC1. The molecule has 1 saturated heterocycles. The van der Waals surface area contributed by atoms with Crippen LogP contribution in [0.4, 0.5) is 0 Å². The van der Waals surface area contributed by atoms with Gasteiger partial charge in [0, 0.05) is 19.3 Å². The van der Waals surface area contributed by atoms with Crippen molar-refractivity contribution in [3.63, 3.8) is 0 Å². The molecule has 1 unspecified atom stereocenters. The highest BCUT2D eigenvalue weighted by Gasteiger charge is 2.40. The summed E-state index contributed by atoms with van der Waals surface area (Å²) in [6.07, 6.45) is 26.4. The number of likely N-dealkylation sites (tertiary alicyclic amines) is 1. The molecule has 0 amide bonds. The lowest BCUT2D eigenvalue weighted by atomic mass is 10.0. The van der Waals surface area contributed by atoms with E-state index >= 15 is 0 Å². The van der Waals surface area contributed by atoms with E-state index in [9.17, 15) is 0 Å². The monoisotopic (exact) mass is 492 g/mol. The molecule has 0 aromatic rings. The first-order chi connectivity index (χ1) is 13.1. The molecule has 1 rings (SSSR count). The zero-order valence-electron chi connectivity index (χ0n) is 19.1. The van der Waals surface area contributed by atoms with Crippen LogP contribution in [0.1, 0.15) is 136 Å². The molecule has 0 radical (unpaired) electrons. The molecule has 0 N–H and O–H groups in total. The first-order valence-corrected chi connectivity index (χ1v) is 13.9. The van der Waals surface area contributed by atoms with Crippen molar-refractivity contribution in [2.45, 2.75) is 146 Å². The molecular weight excluding hydrogens is 441 g/mol. The maximum Gasteiger partial charge on any atom is 0.139 e. The second-order valence-corrected chi connectivity index (χ2v) is 11.0. The molecule has 0 aromatic carbocycles. The zero-order valence-corrected chi connectivity index (χ0v) is 21.3. The maximum atomic E-state index is 2.78. The van der Waals surface area contributed by atoms with E-state index in [1.165, 1.54) is 133 Å². The van der Waals surface area contributed by atoms with Gasteiger partial charge in [0.1, 0.15) is 4.05 Å². The van der Waals surface area contributed by atoms with E-state index in [2.05, 4.69) is 43.4 Å². The van der Waals surface area contributed by atoms with Gasteiger partial charge in [-0.05, 0) is 42.9 Å².